The average Bonchev–Trinajstić information content (AvgIpc) is 2.43. The van der Waals surface area contributed by atoms with Crippen molar-refractivity contribution in [2.75, 3.05) is 0 Å². The Morgan fingerprint density at radius 1 is 0.917 bits per heavy atom. The van der Waals surface area contributed by atoms with Crippen LogP contribution in [-0.4, -0.2) is 4.89 Å². The molecule has 1 heterocycles. The highest BCUT2D eigenvalue weighted by Gasteiger charge is 2.40. The lowest BCUT2D eigenvalue weighted by atomic mass is 9.78. The predicted molar refractivity (Wildman–Crippen MR) is 99.4 cm³/mol. The third kappa shape index (κ3) is 2.81. The molecule has 1 atom stereocenters. The predicted octanol–water partition coefficient (Wildman–Crippen LogP) is 5.15. The van der Waals surface area contributed by atoms with Crippen LogP contribution in [-0.2, 0) is 15.4 Å². The molecule has 24 heavy (non-hydrogen) atoms. The molecule has 4 heteroatoms. The zero-order valence-electron chi connectivity index (χ0n) is 15.2. The minimum absolute atomic E-state index is 0.0538. The first-order valence-corrected chi connectivity index (χ1v) is 9.80. The molecule has 2 aromatic carbocycles. The van der Waals surface area contributed by atoms with E-state index in [1.54, 1.807) is 6.07 Å². The average molecular weight is 344 g/mol. The number of rotatable bonds is 0. The van der Waals surface area contributed by atoms with Crippen LogP contribution in [0.4, 0.5) is 0 Å². The molecular weight excluding hydrogens is 319 g/mol. The third-order valence-electron chi connectivity index (χ3n) is 4.47. The molecule has 0 amide bonds. The van der Waals surface area contributed by atoms with Crippen molar-refractivity contribution in [3.63, 3.8) is 0 Å². The molecule has 0 aromatic heterocycles. The molecule has 128 valence electrons. The smallest absolute Gasteiger partial charge is 0.409 e. The molecule has 0 saturated carbocycles. The van der Waals surface area contributed by atoms with Crippen LogP contribution in [0, 0.1) is 0 Å². The molecule has 0 fully saturated rings. The third-order valence-corrected chi connectivity index (χ3v) is 5.96. The lowest BCUT2D eigenvalue weighted by molar-refractivity contribution is 0.391. The van der Waals surface area contributed by atoms with E-state index in [0.717, 1.165) is 22.3 Å². The summed E-state index contributed by atoms with van der Waals surface area (Å²) in [6.45, 7) is 12.7. The molecule has 1 unspecified atom stereocenters. The van der Waals surface area contributed by atoms with Gasteiger partial charge in [0.15, 0.2) is 0 Å². The van der Waals surface area contributed by atoms with Gasteiger partial charge in [0, 0.05) is 11.1 Å². The zero-order valence-corrected chi connectivity index (χ0v) is 16.1. The van der Waals surface area contributed by atoms with Crippen LogP contribution in [0.3, 0.4) is 0 Å². The minimum Gasteiger partial charge on any atom is -0.421 e. The van der Waals surface area contributed by atoms with Crippen molar-refractivity contribution in [3.8, 4) is 16.9 Å². The molecule has 0 aliphatic carbocycles. The van der Waals surface area contributed by atoms with Crippen molar-refractivity contribution < 1.29 is 14.0 Å². The lowest BCUT2D eigenvalue weighted by Crippen LogP contribution is -2.30. The van der Waals surface area contributed by atoms with Crippen molar-refractivity contribution in [1.82, 2.24) is 0 Å². The molecule has 0 saturated heterocycles. The van der Waals surface area contributed by atoms with Gasteiger partial charge in [0.2, 0.25) is 0 Å². The molecule has 1 N–H and O–H groups in total. The normalized spacial score (nSPS) is 20.1. The van der Waals surface area contributed by atoms with Crippen molar-refractivity contribution in [2.24, 2.45) is 0 Å². The molecular formula is C20H25O3P. The van der Waals surface area contributed by atoms with Crippen LogP contribution in [0.15, 0.2) is 36.4 Å². The number of benzene rings is 2. The first kappa shape index (κ1) is 17.3. The Kier molecular flexibility index (Phi) is 3.75. The van der Waals surface area contributed by atoms with Gasteiger partial charge in [-0.3, -0.25) is 0 Å². The van der Waals surface area contributed by atoms with Gasteiger partial charge in [-0.1, -0.05) is 65.8 Å². The van der Waals surface area contributed by atoms with E-state index in [2.05, 4.69) is 53.7 Å². The summed E-state index contributed by atoms with van der Waals surface area (Å²) < 4.78 is 18.5. The summed E-state index contributed by atoms with van der Waals surface area (Å²) in [5.74, 6) is 0.474. The highest BCUT2D eigenvalue weighted by Crippen LogP contribution is 2.54. The van der Waals surface area contributed by atoms with Gasteiger partial charge in [-0.25, -0.2) is 4.57 Å². The van der Waals surface area contributed by atoms with Crippen molar-refractivity contribution in [3.05, 3.63) is 47.5 Å². The Balaban J connectivity index is 2.46. The molecule has 2 aromatic rings. The van der Waals surface area contributed by atoms with Crippen LogP contribution in [0.25, 0.3) is 11.1 Å². The molecule has 1 aliphatic rings. The van der Waals surface area contributed by atoms with E-state index in [1.165, 1.54) is 0 Å². The first-order valence-electron chi connectivity index (χ1n) is 8.22. The molecule has 0 radical (unpaired) electrons. The highest BCUT2D eigenvalue weighted by molar-refractivity contribution is 7.62. The molecule has 0 bridgehead atoms. The second-order valence-corrected chi connectivity index (χ2v) is 10.2. The molecule has 1 aliphatic heterocycles. The first-order chi connectivity index (χ1) is 10.9. The largest absolute Gasteiger partial charge is 0.421 e. The van der Waals surface area contributed by atoms with Crippen LogP contribution in [0.5, 0.6) is 5.75 Å². The Hall–Kier alpha value is -1.57. The van der Waals surface area contributed by atoms with Gasteiger partial charge in [0.1, 0.15) is 5.75 Å². The summed E-state index contributed by atoms with van der Waals surface area (Å²) in [5.41, 5.74) is 3.42. The van der Waals surface area contributed by atoms with Gasteiger partial charge in [-0.15, -0.1) is 0 Å². The molecule has 0 spiro atoms. The quantitative estimate of drug-likeness (QED) is 0.672. The van der Waals surface area contributed by atoms with Gasteiger partial charge in [0.05, 0.1) is 5.30 Å². The second kappa shape index (κ2) is 5.21. The van der Waals surface area contributed by atoms with Crippen LogP contribution in [0.1, 0.15) is 52.7 Å². The van der Waals surface area contributed by atoms with Crippen molar-refractivity contribution in [2.45, 2.75) is 52.4 Å². The lowest BCUT2D eigenvalue weighted by Gasteiger charge is -2.33. The van der Waals surface area contributed by atoms with E-state index in [-0.39, 0.29) is 10.8 Å². The summed E-state index contributed by atoms with van der Waals surface area (Å²) in [6.07, 6.45) is 0. The van der Waals surface area contributed by atoms with Gasteiger partial charge in [-0.05, 0) is 34.1 Å². The Labute approximate surface area is 144 Å². The maximum absolute atomic E-state index is 13.0. The van der Waals surface area contributed by atoms with Gasteiger partial charge in [0.25, 0.3) is 0 Å². The van der Waals surface area contributed by atoms with Gasteiger partial charge < -0.3 is 9.42 Å². The fraction of sp³-hybridized carbons (Fsp3) is 0.400. The maximum Gasteiger partial charge on any atom is 0.409 e. The Bertz CT molecular complexity index is 854. The number of fused-ring (bicyclic) bond motifs is 3. The van der Waals surface area contributed by atoms with E-state index in [4.69, 9.17) is 4.52 Å². The standard InChI is InChI=1S/C20H25O3P/c1-19(2,3)13-11-15-14-9-7-8-10-17(14)23-24(21,22)18(15)16(12-13)20(4,5)6/h7-12H,1-6H3,(H,21,22). The Morgan fingerprint density at radius 2 is 1.54 bits per heavy atom. The summed E-state index contributed by atoms with van der Waals surface area (Å²) in [6, 6.07) is 11.6. The summed E-state index contributed by atoms with van der Waals surface area (Å²) >= 11 is 0. The van der Waals surface area contributed by atoms with Gasteiger partial charge in [-0.2, -0.15) is 0 Å². The van der Waals surface area contributed by atoms with Crippen LogP contribution in [0.2, 0.25) is 0 Å². The number of hydrogen-bond donors (Lipinski definition) is 1. The van der Waals surface area contributed by atoms with Gasteiger partial charge >= 0.3 is 7.60 Å². The monoisotopic (exact) mass is 344 g/mol. The SMILES string of the molecule is CC(C)(C)c1cc2c(c(C(C)(C)C)c1)P(=O)(O)Oc1ccccc1-2. The fourth-order valence-electron chi connectivity index (χ4n) is 3.10. The fourth-order valence-corrected chi connectivity index (χ4v) is 4.81. The van der Waals surface area contributed by atoms with Crippen LogP contribution >= 0.6 is 7.60 Å². The summed E-state index contributed by atoms with van der Waals surface area (Å²) in [7, 11) is -3.92. The topological polar surface area (TPSA) is 46.5 Å². The highest BCUT2D eigenvalue weighted by atomic mass is 31.2. The van der Waals surface area contributed by atoms with E-state index in [1.807, 2.05) is 18.2 Å². The maximum atomic E-state index is 13.0. The number of para-hydroxylation sites is 1. The second-order valence-electron chi connectivity index (χ2n) is 8.53. The molecule has 3 nitrogen and oxygen atoms in total. The van der Waals surface area contributed by atoms with Crippen molar-refractivity contribution in [1.29, 1.82) is 0 Å². The molecule has 3 rings (SSSR count). The summed E-state index contributed by atoms with van der Waals surface area (Å²) in [4.78, 5) is 10.6. The number of hydrogen-bond acceptors (Lipinski definition) is 2. The van der Waals surface area contributed by atoms with Crippen LogP contribution < -0.4 is 9.83 Å². The van der Waals surface area contributed by atoms with E-state index in [9.17, 15) is 9.46 Å². The van der Waals surface area contributed by atoms with E-state index < -0.39 is 7.60 Å². The van der Waals surface area contributed by atoms with E-state index >= 15 is 0 Å². The summed E-state index contributed by atoms with van der Waals surface area (Å²) in [5, 5.41) is 0.446. The Morgan fingerprint density at radius 3 is 2.12 bits per heavy atom. The minimum atomic E-state index is -3.92. The van der Waals surface area contributed by atoms with E-state index in [0.29, 0.717) is 11.1 Å². The zero-order chi connectivity index (χ0) is 17.9. The van der Waals surface area contributed by atoms with Crippen molar-refractivity contribution >= 4 is 12.9 Å².